The van der Waals surface area contributed by atoms with Crippen LogP contribution in [0.4, 0.5) is 5.69 Å². The van der Waals surface area contributed by atoms with Gasteiger partial charge in [0.15, 0.2) is 0 Å². The molecule has 0 radical (unpaired) electrons. The average molecular weight is 310 g/mol. The van der Waals surface area contributed by atoms with Crippen molar-refractivity contribution in [3.63, 3.8) is 0 Å². The van der Waals surface area contributed by atoms with Crippen molar-refractivity contribution >= 4 is 28.9 Å². The van der Waals surface area contributed by atoms with E-state index in [0.717, 1.165) is 23.4 Å². The molecule has 2 rings (SSSR count). The first-order valence-electron chi connectivity index (χ1n) is 6.50. The second-order valence-corrected chi connectivity index (χ2v) is 5.31. The summed E-state index contributed by atoms with van der Waals surface area (Å²) in [7, 11) is 1.66. The number of ether oxygens (including phenoxy) is 1. The zero-order chi connectivity index (χ0) is 14.5. The highest BCUT2D eigenvalue weighted by Crippen LogP contribution is 2.33. The minimum atomic E-state index is 0.107. The quantitative estimate of drug-likeness (QED) is 0.780. The summed E-state index contributed by atoms with van der Waals surface area (Å²) in [6.07, 6.45) is 0.902. The minimum Gasteiger partial charge on any atom is -0.495 e. The number of hydrogen-bond acceptors (Lipinski definition) is 2. The Labute approximate surface area is 129 Å². The van der Waals surface area contributed by atoms with Crippen molar-refractivity contribution in [1.29, 1.82) is 0 Å². The van der Waals surface area contributed by atoms with Gasteiger partial charge in [-0.25, -0.2) is 0 Å². The molecule has 0 aliphatic rings. The van der Waals surface area contributed by atoms with Gasteiger partial charge in [-0.2, -0.15) is 0 Å². The molecule has 1 atom stereocenters. The highest BCUT2D eigenvalue weighted by molar-refractivity contribution is 6.35. The van der Waals surface area contributed by atoms with Gasteiger partial charge in [-0.1, -0.05) is 48.3 Å². The molecule has 0 spiro atoms. The minimum absolute atomic E-state index is 0.107. The molecular weight excluding hydrogens is 293 g/mol. The molecule has 20 heavy (non-hydrogen) atoms. The Balaban J connectivity index is 2.29. The number of halogens is 2. The summed E-state index contributed by atoms with van der Waals surface area (Å²) in [6.45, 7) is 2.11. The SMILES string of the molecule is CCC(Nc1ccccc1OC)c1ccc(Cl)cc1Cl. The summed E-state index contributed by atoms with van der Waals surface area (Å²) in [5, 5.41) is 4.79. The molecule has 0 aliphatic carbocycles. The number of benzene rings is 2. The van der Waals surface area contributed by atoms with E-state index in [1.54, 1.807) is 13.2 Å². The number of anilines is 1. The van der Waals surface area contributed by atoms with Crippen LogP contribution in [0.15, 0.2) is 42.5 Å². The Morgan fingerprint density at radius 3 is 2.55 bits per heavy atom. The van der Waals surface area contributed by atoms with Crippen molar-refractivity contribution in [2.24, 2.45) is 0 Å². The van der Waals surface area contributed by atoms with Gasteiger partial charge in [0.2, 0.25) is 0 Å². The summed E-state index contributed by atoms with van der Waals surface area (Å²) < 4.78 is 5.36. The lowest BCUT2D eigenvalue weighted by molar-refractivity contribution is 0.416. The predicted molar refractivity (Wildman–Crippen MR) is 86.1 cm³/mol. The van der Waals surface area contributed by atoms with E-state index in [-0.39, 0.29) is 6.04 Å². The molecule has 1 unspecified atom stereocenters. The number of para-hydroxylation sites is 2. The van der Waals surface area contributed by atoms with E-state index in [1.807, 2.05) is 36.4 Å². The molecule has 1 N–H and O–H groups in total. The van der Waals surface area contributed by atoms with Crippen molar-refractivity contribution in [2.45, 2.75) is 19.4 Å². The van der Waals surface area contributed by atoms with Crippen molar-refractivity contribution in [3.8, 4) is 5.75 Å². The first-order valence-corrected chi connectivity index (χ1v) is 7.25. The maximum absolute atomic E-state index is 6.29. The first-order chi connectivity index (χ1) is 9.65. The van der Waals surface area contributed by atoms with E-state index < -0.39 is 0 Å². The van der Waals surface area contributed by atoms with Gasteiger partial charge in [-0.15, -0.1) is 0 Å². The Hall–Kier alpha value is -1.38. The molecule has 0 aliphatic heterocycles. The Morgan fingerprint density at radius 1 is 1.15 bits per heavy atom. The van der Waals surface area contributed by atoms with Gasteiger partial charge < -0.3 is 10.1 Å². The monoisotopic (exact) mass is 309 g/mol. The summed E-state index contributed by atoms with van der Waals surface area (Å²) in [5.74, 6) is 0.816. The van der Waals surface area contributed by atoms with Crippen molar-refractivity contribution in [2.75, 3.05) is 12.4 Å². The van der Waals surface area contributed by atoms with E-state index in [9.17, 15) is 0 Å². The highest BCUT2D eigenvalue weighted by atomic mass is 35.5. The Morgan fingerprint density at radius 2 is 1.90 bits per heavy atom. The number of nitrogens with one attached hydrogen (secondary N) is 1. The third kappa shape index (κ3) is 3.38. The molecule has 4 heteroatoms. The van der Waals surface area contributed by atoms with Crippen molar-refractivity contribution in [1.82, 2.24) is 0 Å². The van der Waals surface area contributed by atoms with Crippen LogP contribution in [-0.4, -0.2) is 7.11 Å². The predicted octanol–water partition coefficient (Wildman–Crippen LogP) is 5.57. The van der Waals surface area contributed by atoms with Crippen LogP contribution in [-0.2, 0) is 0 Å². The molecule has 2 aromatic rings. The van der Waals surface area contributed by atoms with Crippen LogP contribution in [0.25, 0.3) is 0 Å². The Bertz CT molecular complexity index is 586. The molecule has 2 aromatic carbocycles. The fourth-order valence-electron chi connectivity index (χ4n) is 2.14. The van der Waals surface area contributed by atoms with E-state index in [4.69, 9.17) is 27.9 Å². The molecule has 0 fully saturated rings. The molecule has 0 aromatic heterocycles. The van der Waals surface area contributed by atoms with E-state index in [2.05, 4.69) is 12.2 Å². The highest BCUT2D eigenvalue weighted by Gasteiger charge is 2.14. The number of methoxy groups -OCH3 is 1. The van der Waals surface area contributed by atoms with E-state index in [1.165, 1.54) is 0 Å². The fourth-order valence-corrected chi connectivity index (χ4v) is 2.68. The van der Waals surface area contributed by atoms with Crippen LogP contribution in [0, 0.1) is 0 Å². The molecule has 0 bridgehead atoms. The third-order valence-electron chi connectivity index (χ3n) is 3.18. The summed E-state index contributed by atoms with van der Waals surface area (Å²) in [6, 6.07) is 13.5. The molecule has 0 saturated heterocycles. The zero-order valence-corrected chi connectivity index (χ0v) is 13.0. The second-order valence-electron chi connectivity index (χ2n) is 4.47. The summed E-state index contributed by atoms with van der Waals surface area (Å²) in [5.41, 5.74) is 1.98. The molecule has 0 saturated carbocycles. The summed E-state index contributed by atoms with van der Waals surface area (Å²) in [4.78, 5) is 0. The lowest BCUT2D eigenvalue weighted by atomic mass is 10.0. The van der Waals surface area contributed by atoms with Gasteiger partial charge in [0, 0.05) is 10.0 Å². The lowest BCUT2D eigenvalue weighted by Gasteiger charge is -2.21. The largest absolute Gasteiger partial charge is 0.495 e. The van der Waals surface area contributed by atoms with Gasteiger partial charge in [-0.05, 0) is 36.2 Å². The molecule has 106 valence electrons. The van der Waals surface area contributed by atoms with Crippen LogP contribution in [0.2, 0.25) is 10.0 Å². The van der Waals surface area contributed by atoms with E-state index in [0.29, 0.717) is 10.0 Å². The third-order valence-corrected chi connectivity index (χ3v) is 3.75. The van der Waals surface area contributed by atoms with E-state index >= 15 is 0 Å². The standard InChI is InChI=1S/C16H17Cl2NO/c1-3-14(12-9-8-11(17)10-13(12)18)19-15-6-4-5-7-16(15)20-2/h4-10,14,19H,3H2,1-2H3. The topological polar surface area (TPSA) is 21.3 Å². The normalized spacial score (nSPS) is 12.0. The van der Waals surface area contributed by atoms with Gasteiger partial charge in [0.25, 0.3) is 0 Å². The van der Waals surface area contributed by atoms with Crippen LogP contribution < -0.4 is 10.1 Å². The van der Waals surface area contributed by atoms with Crippen LogP contribution in [0.5, 0.6) is 5.75 Å². The van der Waals surface area contributed by atoms with Crippen LogP contribution in [0.1, 0.15) is 24.9 Å². The maximum Gasteiger partial charge on any atom is 0.141 e. The fraction of sp³-hybridized carbons (Fsp3) is 0.250. The van der Waals surface area contributed by atoms with Crippen LogP contribution >= 0.6 is 23.2 Å². The smallest absolute Gasteiger partial charge is 0.141 e. The van der Waals surface area contributed by atoms with Gasteiger partial charge in [-0.3, -0.25) is 0 Å². The van der Waals surface area contributed by atoms with Gasteiger partial charge >= 0.3 is 0 Å². The second kappa shape index (κ2) is 6.87. The van der Waals surface area contributed by atoms with Gasteiger partial charge in [0.1, 0.15) is 5.75 Å². The molecule has 0 heterocycles. The van der Waals surface area contributed by atoms with Gasteiger partial charge in [0.05, 0.1) is 18.8 Å². The van der Waals surface area contributed by atoms with Crippen molar-refractivity contribution in [3.05, 3.63) is 58.1 Å². The maximum atomic E-state index is 6.29. The first kappa shape index (κ1) is 15.0. The molecular formula is C16H17Cl2NO. The average Bonchev–Trinajstić information content (AvgIpc) is 2.46. The number of hydrogen-bond donors (Lipinski definition) is 1. The zero-order valence-electron chi connectivity index (χ0n) is 11.5. The lowest BCUT2D eigenvalue weighted by Crippen LogP contribution is -2.11. The Kier molecular flexibility index (Phi) is 5.16. The molecule has 0 amide bonds. The summed E-state index contributed by atoms with van der Waals surface area (Å²) >= 11 is 12.2. The van der Waals surface area contributed by atoms with Crippen LogP contribution in [0.3, 0.4) is 0 Å². The van der Waals surface area contributed by atoms with Crippen molar-refractivity contribution < 1.29 is 4.74 Å². The molecule has 2 nitrogen and oxygen atoms in total. The number of rotatable bonds is 5.